The van der Waals surface area contributed by atoms with Gasteiger partial charge in [0.15, 0.2) is 0 Å². The molecule has 0 radical (unpaired) electrons. The highest BCUT2D eigenvalue weighted by Crippen LogP contribution is 2.49. The fraction of sp³-hybridized carbons (Fsp3) is 0.778. The lowest BCUT2D eigenvalue weighted by atomic mass is 9.85. The summed E-state index contributed by atoms with van der Waals surface area (Å²) < 4.78 is 2.22. The third-order valence-corrected chi connectivity index (χ3v) is 5.89. The van der Waals surface area contributed by atoms with Crippen molar-refractivity contribution < 1.29 is 4.79 Å². The van der Waals surface area contributed by atoms with E-state index in [2.05, 4.69) is 21.1 Å². The largest absolute Gasteiger partial charge is 0.351 e. The van der Waals surface area contributed by atoms with Crippen LogP contribution in [0.2, 0.25) is 0 Å². The summed E-state index contributed by atoms with van der Waals surface area (Å²) in [7, 11) is 0. The van der Waals surface area contributed by atoms with Crippen LogP contribution in [-0.4, -0.2) is 21.5 Å². The SMILES string of the molecule is Cc1cn2c(n1)CC[C@H](NC(=O)[C@@H]1C[C@@H]1C1CCCCC1)C2. The van der Waals surface area contributed by atoms with Crippen LogP contribution in [-0.2, 0) is 17.8 Å². The summed E-state index contributed by atoms with van der Waals surface area (Å²) in [5.41, 5.74) is 1.08. The van der Waals surface area contributed by atoms with Crippen LogP contribution in [0.3, 0.4) is 0 Å². The van der Waals surface area contributed by atoms with Gasteiger partial charge in [-0.25, -0.2) is 4.98 Å². The Balaban J connectivity index is 1.30. The van der Waals surface area contributed by atoms with E-state index in [1.54, 1.807) is 0 Å². The number of nitrogens with one attached hydrogen (secondary N) is 1. The van der Waals surface area contributed by atoms with E-state index < -0.39 is 0 Å². The average molecular weight is 301 g/mol. The molecule has 2 saturated carbocycles. The summed E-state index contributed by atoms with van der Waals surface area (Å²) in [6.07, 6.45) is 12.1. The smallest absolute Gasteiger partial charge is 0.223 e. The summed E-state index contributed by atoms with van der Waals surface area (Å²) in [6.45, 7) is 2.93. The number of aryl methyl sites for hydroxylation is 2. The van der Waals surface area contributed by atoms with Crippen LogP contribution in [0.25, 0.3) is 0 Å². The molecule has 4 nitrogen and oxygen atoms in total. The first-order valence-electron chi connectivity index (χ1n) is 9.04. The summed E-state index contributed by atoms with van der Waals surface area (Å²) in [4.78, 5) is 17.0. The van der Waals surface area contributed by atoms with Crippen molar-refractivity contribution in [3.05, 3.63) is 17.7 Å². The molecule has 2 heterocycles. The lowest BCUT2D eigenvalue weighted by Crippen LogP contribution is -2.42. The van der Waals surface area contributed by atoms with Crippen LogP contribution in [0, 0.1) is 24.7 Å². The Morgan fingerprint density at radius 2 is 2.09 bits per heavy atom. The second-order valence-corrected chi connectivity index (χ2v) is 7.60. The Kier molecular flexibility index (Phi) is 3.71. The number of hydrogen-bond acceptors (Lipinski definition) is 2. The van der Waals surface area contributed by atoms with Crippen LogP contribution in [0.1, 0.15) is 56.5 Å². The Hall–Kier alpha value is -1.32. The number of imidazole rings is 1. The molecule has 2 aliphatic carbocycles. The van der Waals surface area contributed by atoms with Crippen molar-refractivity contribution in [3.63, 3.8) is 0 Å². The van der Waals surface area contributed by atoms with Gasteiger partial charge in [0, 0.05) is 31.1 Å². The average Bonchev–Trinajstić information content (AvgIpc) is 3.24. The third-order valence-electron chi connectivity index (χ3n) is 5.89. The maximum absolute atomic E-state index is 12.5. The standard InChI is InChI=1S/C18H27N3O/c1-12-10-21-11-14(7-8-17(21)19-12)20-18(22)16-9-15(16)13-5-3-2-4-6-13/h10,13-16H,2-9,11H2,1H3,(H,20,22)/t14-,15+,16+/m0/s1. The summed E-state index contributed by atoms with van der Waals surface area (Å²) in [5, 5.41) is 3.31. The first-order valence-corrected chi connectivity index (χ1v) is 9.04. The number of rotatable bonds is 3. The van der Waals surface area contributed by atoms with Crippen molar-refractivity contribution >= 4 is 5.91 Å². The van der Waals surface area contributed by atoms with Gasteiger partial charge in [0.1, 0.15) is 5.82 Å². The van der Waals surface area contributed by atoms with Crippen LogP contribution in [0.4, 0.5) is 0 Å². The maximum Gasteiger partial charge on any atom is 0.223 e. The molecule has 3 aliphatic rings. The highest BCUT2D eigenvalue weighted by atomic mass is 16.2. The van der Waals surface area contributed by atoms with Gasteiger partial charge in [0.25, 0.3) is 0 Å². The van der Waals surface area contributed by atoms with Gasteiger partial charge in [-0.3, -0.25) is 4.79 Å². The third kappa shape index (κ3) is 2.80. The van der Waals surface area contributed by atoms with Crippen molar-refractivity contribution in [1.82, 2.24) is 14.9 Å². The van der Waals surface area contributed by atoms with Crippen molar-refractivity contribution in [3.8, 4) is 0 Å². The molecular formula is C18H27N3O. The van der Waals surface area contributed by atoms with Gasteiger partial charge in [-0.15, -0.1) is 0 Å². The van der Waals surface area contributed by atoms with E-state index in [-0.39, 0.29) is 0 Å². The molecule has 1 aromatic rings. The molecule has 1 amide bonds. The minimum absolute atomic E-state index is 0.293. The molecule has 1 N–H and O–H groups in total. The van der Waals surface area contributed by atoms with E-state index in [4.69, 9.17) is 0 Å². The van der Waals surface area contributed by atoms with E-state index in [1.807, 2.05) is 6.92 Å². The summed E-state index contributed by atoms with van der Waals surface area (Å²) >= 11 is 0. The Labute approximate surface area is 132 Å². The normalized spacial score (nSPS) is 31.6. The minimum atomic E-state index is 0.293. The molecule has 4 rings (SSSR count). The molecule has 1 aromatic heterocycles. The van der Waals surface area contributed by atoms with Crippen LogP contribution in [0.5, 0.6) is 0 Å². The molecule has 0 aromatic carbocycles. The first-order chi connectivity index (χ1) is 10.7. The quantitative estimate of drug-likeness (QED) is 0.933. The topological polar surface area (TPSA) is 46.9 Å². The van der Waals surface area contributed by atoms with Gasteiger partial charge in [-0.05, 0) is 31.6 Å². The number of hydrogen-bond donors (Lipinski definition) is 1. The van der Waals surface area contributed by atoms with Crippen molar-refractivity contribution in [1.29, 1.82) is 0 Å². The Morgan fingerprint density at radius 1 is 1.27 bits per heavy atom. The minimum Gasteiger partial charge on any atom is -0.351 e. The van der Waals surface area contributed by atoms with E-state index in [0.29, 0.717) is 23.8 Å². The molecule has 1 aliphatic heterocycles. The van der Waals surface area contributed by atoms with E-state index >= 15 is 0 Å². The molecule has 0 saturated heterocycles. The van der Waals surface area contributed by atoms with Crippen molar-refractivity contribution in [2.75, 3.05) is 0 Å². The second-order valence-electron chi connectivity index (χ2n) is 7.60. The zero-order chi connectivity index (χ0) is 15.1. The number of carbonyl (C=O) groups is 1. The van der Waals surface area contributed by atoms with Crippen LogP contribution < -0.4 is 5.32 Å². The lowest BCUT2D eigenvalue weighted by Gasteiger charge is -2.25. The van der Waals surface area contributed by atoms with E-state index in [9.17, 15) is 4.79 Å². The van der Waals surface area contributed by atoms with Gasteiger partial charge >= 0.3 is 0 Å². The zero-order valence-corrected chi connectivity index (χ0v) is 13.6. The molecule has 0 bridgehead atoms. The van der Waals surface area contributed by atoms with Crippen molar-refractivity contribution in [2.45, 2.75) is 70.9 Å². The number of fused-ring (bicyclic) bond motifs is 1. The van der Waals surface area contributed by atoms with Gasteiger partial charge < -0.3 is 9.88 Å². The number of aromatic nitrogens is 2. The van der Waals surface area contributed by atoms with Crippen LogP contribution >= 0.6 is 0 Å². The predicted molar refractivity (Wildman–Crippen MR) is 85.4 cm³/mol. The molecule has 3 atom stereocenters. The molecule has 2 fully saturated rings. The zero-order valence-electron chi connectivity index (χ0n) is 13.6. The number of nitrogens with zero attached hydrogens (tertiary/aromatic N) is 2. The number of carbonyl (C=O) groups excluding carboxylic acids is 1. The fourth-order valence-electron chi connectivity index (χ4n) is 4.61. The van der Waals surface area contributed by atoms with Crippen molar-refractivity contribution in [2.24, 2.45) is 17.8 Å². The fourth-order valence-corrected chi connectivity index (χ4v) is 4.61. The van der Waals surface area contributed by atoms with Gasteiger partial charge in [0.2, 0.25) is 5.91 Å². The van der Waals surface area contributed by atoms with Gasteiger partial charge in [-0.2, -0.15) is 0 Å². The predicted octanol–water partition coefficient (Wildman–Crippen LogP) is 2.84. The molecule has 4 heteroatoms. The molecule has 120 valence electrons. The van der Waals surface area contributed by atoms with Gasteiger partial charge in [0.05, 0.1) is 5.69 Å². The molecule has 0 spiro atoms. The van der Waals surface area contributed by atoms with Crippen LogP contribution in [0.15, 0.2) is 6.20 Å². The second kappa shape index (κ2) is 5.71. The maximum atomic E-state index is 12.5. The highest BCUT2D eigenvalue weighted by molar-refractivity contribution is 5.81. The molecule has 22 heavy (non-hydrogen) atoms. The van der Waals surface area contributed by atoms with E-state index in [1.165, 1.54) is 37.9 Å². The first kappa shape index (κ1) is 14.3. The molecule has 0 unspecified atom stereocenters. The molecular weight excluding hydrogens is 274 g/mol. The number of amides is 1. The summed E-state index contributed by atoms with van der Waals surface area (Å²) in [5.74, 6) is 3.33. The highest BCUT2D eigenvalue weighted by Gasteiger charge is 2.47. The monoisotopic (exact) mass is 301 g/mol. The summed E-state index contributed by atoms with van der Waals surface area (Å²) in [6, 6.07) is 0.293. The van der Waals surface area contributed by atoms with Gasteiger partial charge in [-0.1, -0.05) is 32.1 Å². The lowest BCUT2D eigenvalue weighted by molar-refractivity contribution is -0.123. The van der Waals surface area contributed by atoms with E-state index in [0.717, 1.165) is 37.4 Å². The Bertz CT molecular complexity index is 559. The Morgan fingerprint density at radius 3 is 2.91 bits per heavy atom.